The summed E-state index contributed by atoms with van der Waals surface area (Å²) >= 11 is 0. The zero-order valence-electron chi connectivity index (χ0n) is 8.63. The van der Waals surface area contributed by atoms with E-state index in [0.29, 0.717) is 0 Å². The first-order valence-electron chi connectivity index (χ1n) is 4.29. The summed E-state index contributed by atoms with van der Waals surface area (Å²) in [5.74, 6) is -0.805. The molecule has 1 aromatic heterocycles. The molecule has 0 unspecified atom stereocenters. The van der Waals surface area contributed by atoms with Crippen LogP contribution in [-0.4, -0.2) is 27.8 Å². The van der Waals surface area contributed by atoms with Crippen LogP contribution in [0.4, 0.5) is 5.69 Å². The Balaban J connectivity index is 3.23. The Kier molecular flexibility index (Phi) is 3.03. The van der Waals surface area contributed by atoms with Gasteiger partial charge >= 0.3 is 11.7 Å². The lowest BCUT2D eigenvalue weighted by molar-refractivity contribution is -0.385. The molecule has 15 heavy (non-hydrogen) atoms. The van der Waals surface area contributed by atoms with E-state index in [2.05, 4.69) is 9.84 Å². The van der Waals surface area contributed by atoms with Crippen LogP contribution >= 0.6 is 0 Å². The van der Waals surface area contributed by atoms with Gasteiger partial charge in [0.15, 0.2) is 0 Å². The molecule has 1 aromatic rings. The summed E-state index contributed by atoms with van der Waals surface area (Å²) in [7, 11) is 1.15. The summed E-state index contributed by atoms with van der Waals surface area (Å²) in [6.45, 7) is 3.61. The van der Waals surface area contributed by atoms with Crippen LogP contribution in [0.25, 0.3) is 0 Å². The molecule has 0 saturated carbocycles. The molecule has 0 atom stereocenters. The first-order valence-corrected chi connectivity index (χ1v) is 4.29. The first-order chi connectivity index (χ1) is 6.97. The number of esters is 1. The normalized spacial score (nSPS) is 10.4. The molecule has 0 bridgehead atoms. The van der Waals surface area contributed by atoms with Crippen molar-refractivity contribution in [2.24, 2.45) is 0 Å². The Bertz CT molecular complexity index is 397. The van der Waals surface area contributed by atoms with Gasteiger partial charge in [-0.3, -0.25) is 14.8 Å². The van der Waals surface area contributed by atoms with Gasteiger partial charge in [0.1, 0.15) is 6.20 Å². The number of hydrogen-bond donors (Lipinski definition) is 0. The largest absolute Gasteiger partial charge is 0.464 e. The lowest BCUT2D eigenvalue weighted by Gasteiger charge is -2.01. The third-order valence-electron chi connectivity index (χ3n) is 1.82. The van der Waals surface area contributed by atoms with Gasteiger partial charge in [-0.25, -0.2) is 4.79 Å². The highest BCUT2D eigenvalue weighted by Crippen LogP contribution is 2.19. The molecule has 0 aliphatic heterocycles. The summed E-state index contributed by atoms with van der Waals surface area (Å²) in [4.78, 5) is 21.1. The molecule has 0 saturated heterocycles. The van der Waals surface area contributed by atoms with Crippen molar-refractivity contribution in [1.29, 1.82) is 0 Å². The van der Waals surface area contributed by atoms with Gasteiger partial charge in [0, 0.05) is 6.04 Å². The van der Waals surface area contributed by atoms with Gasteiger partial charge in [-0.2, -0.15) is 5.10 Å². The number of rotatable bonds is 3. The molecule has 0 radical (unpaired) electrons. The minimum absolute atomic E-state index is 0.0536. The van der Waals surface area contributed by atoms with Crippen molar-refractivity contribution >= 4 is 11.7 Å². The summed E-state index contributed by atoms with van der Waals surface area (Å²) in [5.41, 5.74) is -0.605. The van der Waals surface area contributed by atoms with Crippen LogP contribution in [0, 0.1) is 10.1 Å². The second-order valence-corrected chi connectivity index (χ2v) is 3.19. The highest BCUT2D eigenvalue weighted by molar-refractivity contribution is 5.91. The van der Waals surface area contributed by atoms with E-state index in [4.69, 9.17) is 0 Å². The average Bonchev–Trinajstić information content (AvgIpc) is 2.61. The van der Waals surface area contributed by atoms with Gasteiger partial charge in [0.2, 0.25) is 5.69 Å². The molecule has 1 rings (SSSR count). The van der Waals surface area contributed by atoms with Crippen molar-refractivity contribution in [3.8, 4) is 0 Å². The number of nitrogens with zero attached hydrogens (tertiary/aromatic N) is 3. The van der Waals surface area contributed by atoms with E-state index >= 15 is 0 Å². The van der Waals surface area contributed by atoms with Gasteiger partial charge in [0.25, 0.3) is 0 Å². The topological polar surface area (TPSA) is 87.3 Å². The van der Waals surface area contributed by atoms with Crippen LogP contribution in [-0.2, 0) is 4.74 Å². The third-order valence-corrected chi connectivity index (χ3v) is 1.82. The van der Waals surface area contributed by atoms with Crippen LogP contribution in [0.3, 0.4) is 0 Å². The fraction of sp³-hybridized carbons (Fsp3) is 0.500. The summed E-state index contributed by atoms with van der Waals surface area (Å²) in [6.07, 6.45) is 1.22. The van der Waals surface area contributed by atoms with Crippen LogP contribution in [0.1, 0.15) is 30.4 Å². The van der Waals surface area contributed by atoms with E-state index in [9.17, 15) is 14.9 Å². The van der Waals surface area contributed by atoms with Crippen LogP contribution in [0.15, 0.2) is 6.20 Å². The van der Waals surface area contributed by atoms with Crippen molar-refractivity contribution < 1.29 is 14.5 Å². The standard InChI is InChI=1S/C8H11N3O4/c1-5(2)10-4-6(11(13)14)7(9-10)8(12)15-3/h4-5H,1-3H3. The molecule has 7 nitrogen and oxygen atoms in total. The second-order valence-electron chi connectivity index (χ2n) is 3.19. The van der Waals surface area contributed by atoms with Crippen LogP contribution in [0.2, 0.25) is 0 Å². The van der Waals surface area contributed by atoms with Gasteiger partial charge in [-0.05, 0) is 13.8 Å². The SMILES string of the molecule is COC(=O)c1nn(C(C)C)cc1[N+](=O)[O-]. The van der Waals surface area contributed by atoms with Gasteiger partial charge in [0.05, 0.1) is 12.0 Å². The fourth-order valence-corrected chi connectivity index (χ4v) is 1.02. The third kappa shape index (κ3) is 2.12. The van der Waals surface area contributed by atoms with Crippen molar-refractivity contribution in [2.45, 2.75) is 19.9 Å². The Labute approximate surface area is 85.8 Å². The fourth-order valence-electron chi connectivity index (χ4n) is 1.02. The maximum absolute atomic E-state index is 11.2. The molecule has 0 aromatic carbocycles. The molecule has 82 valence electrons. The number of carbonyl (C=O) groups excluding carboxylic acids is 1. The predicted octanol–water partition coefficient (Wildman–Crippen LogP) is 1.16. The number of hydrogen-bond acceptors (Lipinski definition) is 5. The summed E-state index contributed by atoms with van der Waals surface area (Å²) < 4.78 is 5.75. The molecular formula is C8H11N3O4. The van der Waals surface area contributed by atoms with Crippen molar-refractivity contribution in [1.82, 2.24) is 9.78 Å². The van der Waals surface area contributed by atoms with Crippen molar-refractivity contribution in [3.63, 3.8) is 0 Å². The number of aromatic nitrogens is 2. The van der Waals surface area contributed by atoms with Gasteiger partial charge < -0.3 is 4.74 Å². The zero-order chi connectivity index (χ0) is 11.6. The molecule has 0 fully saturated rings. The van der Waals surface area contributed by atoms with E-state index in [1.807, 2.05) is 0 Å². The maximum atomic E-state index is 11.2. The average molecular weight is 213 g/mol. The predicted molar refractivity (Wildman–Crippen MR) is 50.6 cm³/mol. The van der Waals surface area contributed by atoms with E-state index in [1.165, 1.54) is 10.9 Å². The van der Waals surface area contributed by atoms with Crippen LogP contribution in [0.5, 0.6) is 0 Å². The second kappa shape index (κ2) is 4.07. The lowest BCUT2D eigenvalue weighted by Crippen LogP contribution is -2.07. The Morgan fingerprint density at radius 3 is 2.67 bits per heavy atom. The van der Waals surface area contributed by atoms with Crippen molar-refractivity contribution in [2.75, 3.05) is 7.11 Å². The van der Waals surface area contributed by atoms with E-state index in [1.54, 1.807) is 13.8 Å². The Morgan fingerprint density at radius 2 is 2.27 bits per heavy atom. The number of nitro groups is 1. The van der Waals surface area contributed by atoms with Gasteiger partial charge in [-0.1, -0.05) is 0 Å². The van der Waals surface area contributed by atoms with Crippen molar-refractivity contribution in [3.05, 3.63) is 22.0 Å². The molecule has 0 amide bonds. The summed E-state index contributed by atoms with van der Waals surface area (Å²) in [6, 6.07) is -0.0536. The molecule has 0 aliphatic rings. The number of ether oxygens (including phenoxy) is 1. The number of carbonyl (C=O) groups is 1. The number of methoxy groups -OCH3 is 1. The van der Waals surface area contributed by atoms with Gasteiger partial charge in [-0.15, -0.1) is 0 Å². The van der Waals surface area contributed by atoms with E-state index in [0.717, 1.165) is 7.11 Å². The highest BCUT2D eigenvalue weighted by atomic mass is 16.6. The van der Waals surface area contributed by atoms with Crippen LogP contribution < -0.4 is 0 Å². The maximum Gasteiger partial charge on any atom is 0.365 e. The molecule has 0 aliphatic carbocycles. The minimum Gasteiger partial charge on any atom is -0.464 e. The zero-order valence-corrected chi connectivity index (χ0v) is 8.63. The highest BCUT2D eigenvalue weighted by Gasteiger charge is 2.26. The monoisotopic (exact) mass is 213 g/mol. The lowest BCUT2D eigenvalue weighted by atomic mass is 10.4. The van der Waals surface area contributed by atoms with E-state index in [-0.39, 0.29) is 17.4 Å². The Morgan fingerprint density at radius 1 is 1.67 bits per heavy atom. The molecule has 7 heteroatoms. The first kappa shape index (κ1) is 11.2. The molecular weight excluding hydrogens is 202 g/mol. The minimum atomic E-state index is -0.805. The molecule has 0 spiro atoms. The quantitative estimate of drug-likeness (QED) is 0.427. The molecule has 0 N–H and O–H groups in total. The smallest absolute Gasteiger partial charge is 0.365 e. The summed E-state index contributed by atoms with van der Waals surface area (Å²) in [5, 5.41) is 14.4. The van der Waals surface area contributed by atoms with E-state index < -0.39 is 10.9 Å². The molecule has 1 heterocycles. The Hall–Kier alpha value is -1.92.